The van der Waals surface area contributed by atoms with E-state index in [4.69, 9.17) is 11.5 Å². The molecule has 0 bridgehead atoms. The lowest BCUT2D eigenvalue weighted by Crippen LogP contribution is -2.46. The molecule has 0 spiro atoms. The summed E-state index contributed by atoms with van der Waals surface area (Å²) in [6.07, 6.45) is 0. The number of hydrogen-bond acceptors (Lipinski definition) is 4. The molecule has 8 heteroatoms. The van der Waals surface area contributed by atoms with Crippen molar-refractivity contribution in [2.24, 2.45) is 21.5 Å². The van der Waals surface area contributed by atoms with Crippen LogP contribution >= 0.6 is 24.8 Å². The topological polar surface area (TPSA) is 83.2 Å². The maximum Gasteiger partial charge on any atom is 0.125 e. The molecule has 0 amide bonds. The molecule has 1 aliphatic rings. The van der Waals surface area contributed by atoms with Crippen LogP contribution < -0.4 is 21.3 Å². The summed E-state index contributed by atoms with van der Waals surface area (Å²) in [6.45, 7) is 3.93. The number of benzene rings is 2. The molecule has 1 aliphatic heterocycles. The van der Waals surface area contributed by atoms with E-state index >= 15 is 0 Å². The lowest BCUT2D eigenvalue weighted by molar-refractivity contribution is 0.653. The van der Waals surface area contributed by atoms with Gasteiger partial charge in [0, 0.05) is 62.8 Å². The Balaban J connectivity index is 0.00000196. The van der Waals surface area contributed by atoms with Crippen LogP contribution in [0, 0.1) is 0 Å². The molecule has 0 aliphatic carbocycles. The Morgan fingerprint density at radius 2 is 0.929 bits per heavy atom. The van der Waals surface area contributed by atoms with E-state index in [1.807, 2.05) is 24.3 Å². The lowest BCUT2D eigenvalue weighted by atomic mass is 10.1. The maximum absolute atomic E-state index is 5.86. The Kier molecular flexibility index (Phi) is 9.09. The molecule has 152 valence electrons. The first-order valence-corrected chi connectivity index (χ1v) is 8.77. The van der Waals surface area contributed by atoms with Crippen molar-refractivity contribution in [2.45, 2.75) is 0 Å². The van der Waals surface area contributed by atoms with Crippen molar-refractivity contribution in [3.8, 4) is 0 Å². The normalized spacial score (nSPS) is 14.9. The molecule has 0 aromatic heterocycles. The van der Waals surface area contributed by atoms with Crippen LogP contribution in [0.1, 0.15) is 11.1 Å². The summed E-state index contributed by atoms with van der Waals surface area (Å²) >= 11 is 0. The van der Waals surface area contributed by atoms with E-state index in [-0.39, 0.29) is 24.8 Å². The van der Waals surface area contributed by atoms with E-state index in [9.17, 15) is 0 Å². The van der Waals surface area contributed by atoms with Gasteiger partial charge in [0.25, 0.3) is 0 Å². The average Bonchev–Trinajstić information content (AvgIpc) is 2.73. The minimum absolute atomic E-state index is 0. The van der Waals surface area contributed by atoms with Crippen LogP contribution in [0.2, 0.25) is 0 Å². The zero-order valence-electron chi connectivity index (χ0n) is 16.2. The lowest BCUT2D eigenvalue weighted by Gasteiger charge is -2.37. The number of nitrogens with two attached hydrogens (primary N) is 2. The molecule has 0 saturated carbocycles. The highest BCUT2D eigenvalue weighted by molar-refractivity contribution is 5.98. The van der Waals surface area contributed by atoms with Gasteiger partial charge in [-0.05, 0) is 48.5 Å². The molecular formula is C20H28Cl2N6. The number of piperazine rings is 1. The number of nitrogens with zero attached hydrogens (tertiary/aromatic N) is 4. The molecule has 0 radical (unpaired) electrons. The molecule has 2 aromatic rings. The van der Waals surface area contributed by atoms with E-state index in [1.54, 1.807) is 14.1 Å². The molecule has 28 heavy (non-hydrogen) atoms. The van der Waals surface area contributed by atoms with Crippen molar-refractivity contribution in [1.29, 1.82) is 0 Å². The summed E-state index contributed by atoms with van der Waals surface area (Å²) in [5, 5.41) is 0. The third-order valence-electron chi connectivity index (χ3n) is 4.82. The van der Waals surface area contributed by atoms with Crippen molar-refractivity contribution < 1.29 is 0 Å². The summed E-state index contributed by atoms with van der Waals surface area (Å²) in [5.74, 6) is 1.14. The van der Waals surface area contributed by atoms with Gasteiger partial charge in [0.1, 0.15) is 11.7 Å². The van der Waals surface area contributed by atoms with Crippen molar-refractivity contribution in [3.05, 3.63) is 59.7 Å². The van der Waals surface area contributed by atoms with E-state index in [0.29, 0.717) is 11.7 Å². The van der Waals surface area contributed by atoms with Crippen molar-refractivity contribution >= 4 is 47.9 Å². The van der Waals surface area contributed by atoms with Gasteiger partial charge in [0.2, 0.25) is 0 Å². The van der Waals surface area contributed by atoms with E-state index in [2.05, 4.69) is 44.1 Å². The second-order valence-electron chi connectivity index (χ2n) is 6.29. The van der Waals surface area contributed by atoms with Gasteiger partial charge >= 0.3 is 0 Å². The molecular weight excluding hydrogens is 395 g/mol. The van der Waals surface area contributed by atoms with Gasteiger partial charge in [-0.3, -0.25) is 9.98 Å². The van der Waals surface area contributed by atoms with E-state index in [0.717, 1.165) is 37.3 Å². The number of anilines is 2. The Hall–Kier alpha value is -2.44. The molecule has 3 rings (SSSR count). The minimum Gasteiger partial charge on any atom is -0.384 e. The van der Waals surface area contributed by atoms with Crippen LogP contribution in [0.5, 0.6) is 0 Å². The highest BCUT2D eigenvalue weighted by Gasteiger charge is 2.17. The van der Waals surface area contributed by atoms with Gasteiger partial charge in [0.05, 0.1) is 0 Å². The van der Waals surface area contributed by atoms with Crippen LogP contribution in [0.15, 0.2) is 58.5 Å². The Labute approximate surface area is 179 Å². The van der Waals surface area contributed by atoms with Gasteiger partial charge in [-0.2, -0.15) is 0 Å². The number of hydrogen-bond donors (Lipinski definition) is 2. The quantitative estimate of drug-likeness (QED) is 0.585. The van der Waals surface area contributed by atoms with Crippen LogP contribution in [0.25, 0.3) is 0 Å². The molecule has 1 heterocycles. The summed E-state index contributed by atoms with van der Waals surface area (Å²) < 4.78 is 0. The number of amidine groups is 2. The second-order valence-corrected chi connectivity index (χ2v) is 6.29. The SMILES string of the molecule is CN=C(N)c1ccc(N2CCN(c3ccc(C(N)=NC)cc3)CC2)cc1.Cl.Cl. The Bertz CT molecular complexity index is 725. The first kappa shape index (κ1) is 23.6. The Morgan fingerprint density at radius 3 is 1.18 bits per heavy atom. The summed E-state index contributed by atoms with van der Waals surface area (Å²) in [4.78, 5) is 12.8. The van der Waals surface area contributed by atoms with Gasteiger partial charge in [-0.25, -0.2) is 0 Å². The smallest absolute Gasteiger partial charge is 0.125 e. The van der Waals surface area contributed by atoms with Crippen LogP contribution in [0.3, 0.4) is 0 Å². The molecule has 0 unspecified atom stereocenters. The number of halogens is 2. The highest BCUT2D eigenvalue weighted by atomic mass is 35.5. The number of aliphatic imine (C=N–C) groups is 2. The first-order chi connectivity index (χ1) is 12.6. The third-order valence-corrected chi connectivity index (χ3v) is 4.82. The minimum atomic E-state index is 0. The van der Waals surface area contributed by atoms with Crippen LogP contribution in [-0.2, 0) is 0 Å². The molecule has 6 nitrogen and oxygen atoms in total. The molecule has 4 N–H and O–H groups in total. The molecule has 1 fully saturated rings. The zero-order valence-corrected chi connectivity index (χ0v) is 17.8. The van der Waals surface area contributed by atoms with Gasteiger partial charge in [0.15, 0.2) is 0 Å². The van der Waals surface area contributed by atoms with Crippen LogP contribution in [-0.4, -0.2) is 51.9 Å². The number of rotatable bonds is 4. The summed E-state index contributed by atoms with van der Waals surface area (Å²) in [7, 11) is 3.41. The third kappa shape index (κ3) is 5.30. The van der Waals surface area contributed by atoms with Crippen molar-refractivity contribution in [2.75, 3.05) is 50.1 Å². The van der Waals surface area contributed by atoms with E-state index < -0.39 is 0 Å². The monoisotopic (exact) mass is 422 g/mol. The van der Waals surface area contributed by atoms with E-state index in [1.165, 1.54) is 11.4 Å². The zero-order chi connectivity index (χ0) is 18.5. The second kappa shape index (κ2) is 10.8. The molecule has 0 atom stereocenters. The van der Waals surface area contributed by atoms with Gasteiger partial charge < -0.3 is 21.3 Å². The fraction of sp³-hybridized carbons (Fsp3) is 0.300. The summed E-state index contributed by atoms with van der Waals surface area (Å²) in [5.41, 5.74) is 16.1. The fourth-order valence-corrected chi connectivity index (χ4v) is 3.17. The largest absolute Gasteiger partial charge is 0.384 e. The average molecular weight is 423 g/mol. The molecule has 1 saturated heterocycles. The maximum atomic E-state index is 5.86. The van der Waals surface area contributed by atoms with Gasteiger partial charge in [-0.1, -0.05) is 0 Å². The van der Waals surface area contributed by atoms with Gasteiger partial charge in [-0.15, -0.1) is 24.8 Å². The first-order valence-electron chi connectivity index (χ1n) is 8.77. The highest BCUT2D eigenvalue weighted by Crippen LogP contribution is 2.21. The van der Waals surface area contributed by atoms with Crippen molar-refractivity contribution in [1.82, 2.24) is 0 Å². The summed E-state index contributed by atoms with van der Waals surface area (Å²) in [6, 6.07) is 16.6. The Morgan fingerprint density at radius 1 is 0.643 bits per heavy atom. The molecule has 2 aromatic carbocycles. The fourth-order valence-electron chi connectivity index (χ4n) is 3.17. The predicted octanol–water partition coefficient (Wildman–Crippen LogP) is 2.53. The van der Waals surface area contributed by atoms with Crippen molar-refractivity contribution in [3.63, 3.8) is 0 Å². The standard InChI is InChI=1S/C20H26N6.2ClH/c1-23-19(21)15-3-7-17(8-4-15)25-11-13-26(14-12-25)18-9-5-16(6-10-18)20(22)24-2;;/h3-10H,11-14H2,1-2H3,(H2,21,23)(H2,22,24);2*1H. The predicted molar refractivity (Wildman–Crippen MR) is 125 cm³/mol. The van der Waals surface area contributed by atoms with Crippen LogP contribution in [0.4, 0.5) is 11.4 Å².